The number of pyridine rings is 2. The number of carbonyl (C=O) groups is 2. The van der Waals surface area contributed by atoms with E-state index in [1.807, 2.05) is 11.0 Å². The third kappa shape index (κ3) is 5.08. The number of aromatic nitrogens is 4. The standard InChI is InChI=1S/C22H24N6O4/c1-2-31-22(30)17-5-6-18(24-15-17)27-10-12-28(13-11-27)20(29)8-7-19-25-21(26-32-19)16-4-3-9-23-14-16/h3-6,9,14-15H,2,7-8,10-13H2,1H3. The van der Waals surface area contributed by atoms with Gasteiger partial charge in [-0.25, -0.2) is 9.78 Å². The molecule has 0 aromatic carbocycles. The summed E-state index contributed by atoms with van der Waals surface area (Å²) in [7, 11) is 0. The fourth-order valence-corrected chi connectivity index (χ4v) is 3.43. The molecule has 3 aromatic heterocycles. The van der Waals surface area contributed by atoms with Crippen LogP contribution in [0.1, 0.15) is 29.6 Å². The van der Waals surface area contributed by atoms with Gasteiger partial charge < -0.3 is 19.1 Å². The van der Waals surface area contributed by atoms with Gasteiger partial charge in [0.2, 0.25) is 17.6 Å². The molecule has 0 spiro atoms. The Hall–Kier alpha value is -3.82. The maximum absolute atomic E-state index is 12.6. The number of piperazine rings is 1. The number of carbonyl (C=O) groups excluding carboxylic acids is 2. The van der Waals surface area contributed by atoms with E-state index in [-0.39, 0.29) is 11.9 Å². The molecule has 4 rings (SSSR count). The van der Waals surface area contributed by atoms with E-state index in [1.54, 1.807) is 37.5 Å². The van der Waals surface area contributed by atoms with Crippen LogP contribution < -0.4 is 4.90 Å². The van der Waals surface area contributed by atoms with Crippen molar-refractivity contribution in [2.24, 2.45) is 0 Å². The van der Waals surface area contributed by atoms with Crippen molar-refractivity contribution in [3.63, 3.8) is 0 Å². The summed E-state index contributed by atoms with van der Waals surface area (Å²) in [5.74, 6) is 1.35. The molecule has 0 N–H and O–H groups in total. The van der Waals surface area contributed by atoms with Crippen molar-refractivity contribution in [1.82, 2.24) is 25.0 Å². The summed E-state index contributed by atoms with van der Waals surface area (Å²) < 4.78 is 10.2. The Balaban J connectivity index is 1.25. The predicted molar refractivity (Wildman–Crippen MR) is 115 cm³/mol. The van der Waals surface area contributed by atoms with E-state index in [2.05, 4.69) is 25.0 Å². The molecule has 1 fully saturated rings. The number of hydrogen-bond donors (Lipinski definition) is 0. The molecule has 0 bridgehead atoms. The zero-order valence-corrected chi connectivity index (χ0v) is 17.8. The fraction of sp³-hybridized carbons (Fsp3) is 0.364. The van der Waals surface area contributed by atoms with Crippen molar-refractivity contribution >= 4 is 17.7 Å². The summed E-state index contributed by atoms with van der Waals surface area (Å²) in [5, 5.41) is 3.95. The summed E-state index contributed by atoms with van der Waals surface area (Å²) in [4.78, 5) is 41.0. The van der Waals surface area contributed by atoms with Gasteiger partial charge in [-0.05, 0) is 31.2 Å². The minimum Gasteiger partial charge on any atom is -0.462 e. The van der Waals surface area contributed by atoms with Crippen LogP contribution >= 0.6 is 0 Å². The molecule has 4 heterocycles. The van der Waals surface area contributed by atoms with E-state index in [0.29, 0.717) is 62.9 Å². The first-order chi connectivity index (χ1) is 15.6. The minimum absolute atomic E-state index is 0.0522. The summed E-state index contributed by atoms with van der Waals surface area (Å²) in [6.45, 7) is 4.64. The Bertz CT molecular complexity index is 1050. The highest BCUT2D eigenvalue weighted by Crippen LogP contribution is 2.17. The quantitative estimate of drug-likeness (QED) is 0.513. The van der Waals surface area contributed by atoms with Crippen molar-refractivity contribution in [1.29, 1.82) is 0 Å². The number of hydrogen-bond acceptors (Lipinski definition) is 9. The van der Waals surface area contributed by atoms with Gasteiger partial charge in [-0.15, -0.1) is 0 Å². The highest BCUT2D eigenvalue weighted by Gasteiger charge is 2.22. The molecule has 0 unspecified atom stereocenters. The molecule has 0 aliphatic carbocycles. The zero-order chi connectivity index (χ0) is 22.3. The molecule has 10 nitrogen and oxygen atoms in total. The van der Waals surface area contributed by atoms with Gasteiger partial charge in [0, 0.05) is 63.2 Å². The number of ether oxygens (including phenoxy) is 1. The molecule has 10 heteroatoms. The second-order valence-electron chi connectivity index (χ2n) is 7.25. The van der Waals surface area contributed by atoms with Crippen molar-refractivity contribution in [2.75, 3.05) is 37.7 Å². The van der Waals surface area contributed by atoms with Gasteiger partial charge in [0.15, 0.2) is 0 Å². The minimum atomic E-state index is -0.379. The first-order valence-corrected chi connectivity index (χ1v) is 10.5. The Labute approximate surface area is 185 Å². The highest BCUT2D eigenvalue weighted by molar-refractivity contribution is 5.89. The fourth-order valence-electron chi connectivity index (χ4n) is 3.43. The molecular weight excluding hydrogens is 412 g/mol. The van der Waals surface area contributed by atoms with E-state index in [4.69, 9.17) is 9.26 Å². The molecule has 0 atom stereocenters. The van der Waals surface area contributed by atoms with Crippen molar-refractivity contribution in [2.45, 2.75) is 19.8 Å². The SMILES string of the molecule is CCOC(=O)c1ccc(N2CCN(C(=O)CCc3nc(-c4cccnc4)no3)CC2)nc1. The van der Waals surface area contributed by atoms with Crippen LogP contribution in [0.5, 0.6) is 0 Å². The van der Waals surface area contributed by atoms with Crippen LogP contribution in [0.3, 0.4) is 0 Å². The molecule has 3 aromatic rings. The van der Waals surface area contributed by atoms with Gasteiger partial charge in [0.05, 0.1) is 12.2 Å². The molecule has 1 aliphatic heterocycles. The highest BCUT2D eigenvalue weighted by atomic mass is 16.5. The van der Waals surface area contributed by atoms with Gasteiger partial charge in [0.25, 0.3) is 0 Å². The van der Waals surface area contributed by atoms with E-state index in [1.165, 1.54) is 6.20 Å². The number of anilines is 1. The van der Waals surface area contributed by atoms with Crippen molar-refractivity contribution in [3.8, 4) is 11.4 Å². The van der Waals surface area contributed by atoms with Crippen molar-refractivity contribution < 1.29 is 18.8 Å². The first kappa shape index (κ1) is 21.4. The largest absolute Gasteiger partial charge is 0.462 e. The number of amides is 1. The van der Waals surface area contributed by atoms with Gasteiger partial charge >= 0.3 is 5.97 Å². The van der Waals surface area contributed by atoms with Crippen LogP contribution in [0.25, 0.3) is 11.4 Å². The average Bonchev–Trinajstić information content (AvgIpc) is 3.33. The lowest BCUT2D eigenvalue weighted by Gasteiger charge is -2.35. The molecule has 1 amide bonds. The molecule has 1 aliphatic rings. The Morgan fingerprint density at radius 1 is 1.12 bits per heavy atom. The van der Waals surface area contributed by atoms with Crippen LogP contribution in [0.2, 0.25) is 0 Å². The van der Waals surface area contributed by atoms with E-state index >= 15 is 0 Å². The Morgan fingerprint density at radius 3 is 2.66 bits per heavy atom. The summed E-state index contributed by atoms with van der Waals surface area (Å²) in [5.41, 5.74) is 1.20. The first-order valence-electron chi connectivity index (χ1n) is 10.5. The van der Waals surface area contributed by atoms with E-state index in [9.17, 15) is 9.59 Å². The third-order valence-corrected chi connectivity index (χ3v) is 5.16. The molecule has 1 saturated heterocycles. The summed E-state index contributed by atoms with van der Waals surface area (Å²) in [6.07, 6.45) is 5.56. The third-order valence-electron chi connectivity index (χ3n) is 5.16. The summed E-state index contributed by atoms with van der Waals surface area (Å²) >= 11 is 0. The van der Waals surface area contributed by atoms with Crippen molar-refractivity contribution in [3.05, 3.63) is 54.3 Å². The lowest BCUT2D eigenvalue weighted by Crippen LogP contribution is -2.49. The van der Waals surface area contributed by atoms with E-state index in [0.717, 1.165) is 11.4 Å². The van der Waals surface area contributed by atoms with Crippen LogP contribution in [0.15, 0.2) is 47.4 Å². The molecule has 32 heavy (non-hydrogen) atoms. The van der Waals surface area contributed by atoms with Crippen LogP contribution in [0.4, 0.5) is 5.82 Å². The van der Waals surface area contributed by atoms with Crippen LogP contribution in [-0.2, 0) is 16.0 Å². The van der Waals surface area contributed by atoms with Gasteiger partial charge in [-0.2, -0.15) is 4.98 Å². The topological polar surface area (TPSA) is 115 Å². The maximum atomic E-state index is 12.6. The van der Waals surface area contributed by atoms with Crippen LogP contribution in [-0.4, -0.2) is 69.7 Å². The lowest BCUT2D eigenvalue weighted by atomic mass is 10.2. The second kappa shape index (κ2) is 9.99. The Morgan fingerprint density at radius 2 is 1.97 bits per heavy atom. The Kier molecular flexibility index (Phi) is 6.69. The monoisotopic (exact) mass is 436 g/mol. The van der Waals surface area contributed by atoms with E-state index < -0.39 is 0 Å². The smallest absolute Gasteiger partial charge is 0.339 e. The molecular formula is C22H24N6O4. The number of esters is 1. The zero-order valence-electron chi connectivity index (χ0n) is 17.8. The molecule has 166 valence electrons. The number of nitrogens with zero attached hydrogens (tertiary/aromatic N) is 6. The molecule has 0 radical (unpaired) electrons. The van der Waals surface area contributed by atoms with Gasteiger partial charge in [-0.1, -0.05) is 5.16 Å². The average molecular weight is 436 g/mol. The molecule has 0 saturated carbocycles. The predicted octanol–water partition coefficient (Wildman–Crippen LogP) is 1.98. The normalized spacial score (nSPS) is 13.8. The van der Waals surface area contributed by atoms with Crippen LogP contribution in [0, 0.1) is 0 Å². The lowest BCUT2D eigenvalue weighted by molar-refractivity contribution is -0.131. The maximum Gasteiger partial charge on any atom is 0.339 e. The van der Waals surface area contributed by atoms with Gasteiger partial charge in [0.1, 0.15) is 5.82 Å². The number of rotatable bonds is 7. The second-order valence-corrected chi connectivity index (χ2v) is 7.25. The number of aryl methyl sites for hydroxylation is 1. The summed E-state index contributed by atoms with van der Waals surface area (Å²) in [6, 6.07) is 7.17. The van der Waals surface area contributed by atoms with Gasteiger partial charge in [-0.3, -0.25) is 9.78 Å².